The number of rotatable bonds is 6. The summed E-state index contributed by atoms with van der Waals surface area (Å²) in [4.78, 5) is 20.6. The van der Waals surface area contributed by atoms with E-state index in [1.54, 1.807) is 0 Å². The first-order chi connectivity index (χ1) is 9.53. The van der Waals surface area contributed by atoms with Crippen molar-refractivity contribution in [3.8, 4) is 0 Å². The van der Waals surface area contributed by atoms with Crippen molar-refractivity contribution in [2.75, 3.05) is 14.2 Å². The summed E-state index contributed by atoms with van der Waals surface area (Å²) >= 11 is 0. The van der Waals surface area contributed by atoms with Gasteiger partial charge in [0.25, 0.3) is 0 Å². The number of hydrogen-bond donors (Lipinski definition) is 0. The van der Waals surface area contributed by atoms with Gasteiger partial charge in [-0.1, -0.05) is 11.4 Å². The fourth-order valence-corrected chi connectivity index (χ4v) is 7.21. The van der Waals surface area contributed by atoms with E-state index < -0.39 is 28.6 Å². The van der Waals surface area contributed by atoms with Crippen molar-refractivity contribution in [3.05, 3.63) is 36.7 Å². The quantitative estimate of drug-likeness (QED) is 0.303. The van der Waals surface area contributed by atoms with Crippen molar-refractivity contribution in [1.82, 2.24) is 0 Å². The summed E-state index contributed by atoms with van der Waals surface area (Å²) < 4.78 is 14.4. The van der Waals surface area contributed by atoms with Crippen LogP contribution < -0.4 is 0 Å². The molecule has 130 valence electrons. The van der Waals surface area contributed by atoms with Gasteiger partial charge in [-0.25, -0.2) is 9.59 Å². The number of hydrogen-bond acceptors (Lipinski definition) is 5. The molecule has 0 saturated carbocycles. The molecule has 0 aromatic carbocycles. The SMILES string of the molecule is C=C[Si](C)(C=C)O[Si](C)(C)C.COC(=O)/C=C/C(=O)OC.[Pt]. The Morgan fingerprint density at radius 3 is 1.32 bits per heavy atom. The molecule has 0 saturated heterocycles. The van der Waals surface area contributed by atoms with Crippen LogP contribution in [0.15, 0.2) is 36.7 Å². The van der Waals surface area contributed by atoms with Gasteiger partial charge in [-0.3, -0.25) is 0 Å². The first kappa shape index (κ1) is 26.2. The van der Waals surface area contributed by atoms with E-state index in [1.807, 2.05) is 11.4 Å². The van der Waals surface area contributed by atoms with Crippen LogP contribution in [-0.4, -0.2) is 42.8 Å². The summed E-state index contributed by atoms with van der Waals surface area (Å²) in [5.74, 6) is -1.16. The smallest absolute Gasteiger partial charge is 0.330 e. The number of carbonyl (C=O) groups excluding carboxylic acids is 2. The van der Waals surface area contributed by atoms with Crippen LogP contribution >= 0.6 is 0 Å². The largest absolute Gasteiger partial charge is 0.466 e. The summed E-state index contributed by atoms with van der Waals surface area (Å²) in [5, 5.41) is 0. The van der Waals surface area contributed by atoms with Crippen molar-refractivity contribution in [3.63, 3.8) is 0 Å². The zero-order chi connectivity index (χ0) is 17.1. The first-order valence-corrected chi connectivity index (χ1v) is 12.3. The molecule has 0 N–H and O–H groups in total. The van der Waals surface area contributed by atoms with Gasteiger partial charge in [0.15, 0.2) is 8.32 Å². The molecule has 5 nitrogen and oxygen atoms in total. The van der Waals surface area contributed by atoms with E-state index in [0.717, 1.165) is 12.2 Å². The van der Waals surface area contributed by atoms with Gasteiger partial charge in [-0.05, 0) is 26.2 Å². The first-order valence-electron chi connectivity index (χ1n) is 6.35. The van der Waals surface area contributed by atoms with Gasteiger partial charge >= 0.3 is 11.9 Å². The Bertz CT molecular complexity index is 377. The van der Waals surface area contributed by atoms with Crippen molar-refractivity contribution < 1.29 is 44.2 Å². The molecule has 0 atom stereocenters. The minimum absolute atomic E-state index is 0. The summed E-state index contributed by atoms with van der Waals surface area (Å²) in [7, 11) is -0.706. The van der Waals surface area contributed by atoms with Gasteiger partial charge in [0.2, 0.25) is 8.32 Å². The van der Waals surface area contributed by atoms with Crippen LogP contribution in [0.3, 0.4) is 0 Å². The van der Waals surface area contributed by atoms with Crippen LogP contribution in [0.4, 0.5) is 0 Å². The monoisotopic (exact) mass is 525 g/mol. The number of methoxy groups -OCH3 is 2. The van der Waals surface area contributed by atoms with Crippen LogP contribution in [0.5, 0.6) is 0 Å². The number of carbonyl (C=O) groups is 2. The van der Waals surface area contributed by atoms with E-state index in [-0.39, 0.29) is 21.1 Å². The topological polar surface area (TPSA) is 61.8 Å². The molecule has 22 heavy (non-hydrogen) atoms. The number of esters is 2. The van der Waals surface area contributed by atoms with E-state index in [0.29, 0.717) is 0 Å². The Labute approximate surface area is 149 Å². The van der Waals surface area contributed by atoms with Gasteiger partial charge < -0.3 is 13.6 Å². The Morgan fingerprint density at radius 1 is 0.864 bits per heavy atom. The molecule has 0 fully saturated rings. The maximum Gasteiger partial charge on any atom is 0.330 e. The molecule has 0 spiro atoms. The summed E-state index contributed by atoms with van der Waals surface area (Å²) in [5.41, 5.74) is 3.86. The van der Waals surface area contributed by atoms with Crippen molar-refractivity contribution in [1.29, 1.82) is 0 Å². The Kier molecular flexibility index (Phi) is 15.2. The van der Waals surface area contributed by atoms with E-state index in [4.69, 9.17) is 4.12 Å². The average molecular weight is 526 g/mol. The van der Waals surface area contributed by atoms with Crippen molar-refractivity contribution in [2.45, 2.75) is 26.2 Å². The zero-order valence-electron chi connectivity index (χ0n) is 14.1. The van der Waals surface area contributed by atoms with Crippen LogP contribution in [0.2, 0.25) is 26.2 Å². The second-order valence-corrected chi connectivity index (χ2v) is 13.4. The Balaban J connectivity index is -0.000000315. The fraction of sp³-hybridized carbons (Fsp3) is 0.429. The molecule has 0 aliphatic rings. The average Bonchev–Trinajstić information content (AvgIpc) is 2.42. The molecule has 0 unspecified atom stereocenters. The molecule has 8 heteroatoms. The van der Waals surface area contributed by atoms with E-state index in [9.17, 15) is 9.59 Å². The summed E-state index contributed by atoms with van der Waals surface area (Å²) in [6, 6.07) is 0. The summed E-state index contributed by atoms with van der Waals surface area (Å²) in [6.45, 7) is 16.2. The predicted octanol–water partition coefficient (Wildman–Crippen LogP) is 2.75. The summed E-state index contributed by atoms with van der Waals surface area (Å²) in [6.07, 6.45) is 1.98. The molecule has 0 radical (unpaired) electrons. The van der Waals surface area contributed by atoms with Gasteiger partial charge in [-0.2, -0.15) is 0 Å². The van der Waals surface area contributed by atoms with Gasteiger partial charge in [0.1, 0.15) is 0 Å². The van der Waals surface area contributed by atoms with Crippen molar-refractivity contribution >= 4 is 28.6 Å². The maximum atomic E-state index is 10.3. The molecule has 0 aromatic heterocycles. The van der Waals surface area contributed by atoms with E-state index >= 15 is 0 Å². The minimum atomic E-state index is -1.74. The van der Waals surface area contributed by atoms with Crippen LogP contribution in [0, 0.1) is 0 Å². The Morgan fingerprint density at radius 2 is 1.18 bits per heavy atom. The fourth-order valence-electron chi connectivity index (χ4n) is 1.10. The zero-order valence-corrected chi connectivity index (χ0v) is 18.4. The molecular formula is C14H26O5PtSi2. The third kappa shape index (κ3) is 15.6. The molecule has 0 bridgehead atoms. The maximum absolute atomic E-state index is 10.3. The second-order valence-electron chi connectivity index (χ2n) is 5.19. The standard InChI is InChI=1S/C8H18OSi2.C6H8O4.Pt/c1-7-11(6,8-2)9-10(3,4)5;1-9-5(7)3-4-6(8)10-2;/h7-8H,1-2H2,3-6H3;3-4H,1-2H3;/b;4-3+;. The molecule has 0 aromatic rings. The Hall–Kier alpha value is -0.758. The third-order valence-electron chi connectivity index (χ3n) is 2.09. The van der Waals surface area contributed by atoms with Crippen LogP contribution in [0.25, 0.3) is 0 Å². The molecule has 0 rings (SSSR count). The van der Waals surface area contributed by atoms with Crippen molar-refractivity contribution in [2.24, 2.45) is 0 Å². The molecule has 0 heterocycles. The molecule has 0 aliphatic carbocycles. The van der Waals surface area contributed by atoms with Gasteiger partial charge in [-0.15, -0.1) is 13.2 Å². The normalized spacial score (nSPS) is 10.6. The molecule has 0 amide bonds. The third-order valence-corrected chi connectivity index (χ3v) is 7.92. The van der Waals surface area contributed by atoms with Gasteiger partial charge in [0, 0.05) is 33.2 Å². The predicted molar refractivity (Wildman–Crippen MR) is 89.6 cm³/mol. The van der Waals surface area contributed by atoms with Crippen LogP contribution in [-0.2, 0) is 44.2 Å². The second kappa shape index (κ2) is 12.8. The minimum Gasteiger partial charge on any atom is -0.466 e. The van der Waals surface area contributed by atoms with E-state index in [2.05, 4.69) is 48.8 Å². The van der Waals surface area contributed by atoms with E-state index in [1.165, 1.54) is 14.2 Å². The molecule has 0 aliphatic heterocycles. The van der Waals surface area contributed by atoms with Gasteiger partial charge in [0.05, 0.1) is 14.2 Å². The molecular weight excluding hydrogens is 499 g/mol. The number of ether oxygens (including phenoxy) is 2. The van der Waals surface area contributed by atoms with Crippen LogP contribution in [0.1, 0.15) is 0 Å².